The minimum atomic E-state index is -0.285. The van der Waals surface area contributed by atoms with Crippen molar-refractivity contribution >= 4 is 23.4 Å². The van der Waals surface area contributed by atoms with Crippen molar-refractivity contribution in [3.8, 4) is 0 Å². The molecule has 1 aromatic rings. The normalized spacial score (nSPS) is 12.1. The first-order valence-corrected chi connectivity index (χ1v) is 6.86. The van der Waals surface area contributed by atoms with Crippen LogP contribution in [0.4, 0.5) is 5.69 Å². The third kappa shape index (κ3) is 5.13. The summed E-state index contributed by atoms with van der Waals surface area (Å²) in [5.41, 5.74) is 6.24. The molecule has 1 unspecified atom stereocenters. The summed E-state index contributed by atoms with van der Waals surface area (Å²) in [6.45, 7) is 5.34. The van der Waals surface area contributed by atoms with Crippen LogP contribution in [0.1, 0.15) is 20.3 Å². The Morgan fingerprint density at radius 1 is 1.47 bits per heavy atom. The van der Waals surface area contributed by atoms with Gasteiger partial charge in [0, 0.05) is 17.1 Å². The topological polar surface area (TPSA) is 55.1 Å². The summed E-state index contributed by atoms with van der Waals surface area (Å²) in [5.74, 6) is 0.679. The van der Waals surface area contributed by atoms with Crippen molar-refractivity contribution in [1.29, 1.82) is 0 Å². The van der Waals surface area contributed by atoms with E-state index in [2.05, 4.69) is 19.2 Å². The van der Waals surface area contributed by atoms with Crippen LogP contribution in [-0.2, 0) is 4.79 Å². The molecule has 0 bridgehead atoms. The van der Waals surface area contributed by atoms with Gasteiger partial charge in [-0.3, -0.25) is 4.79 Å². The van der Waals surface area contributed by atoms with Gasteiger partial charge in [-0.2, -0.15) is 0 Å². The molecule has 0 spiro atoms. The zero-order valence-corrected chi connectivity index (χ0v) is 11.2. The van der Waals surface area contributed by atoms with Gasteiger partial charge in [0.1, 0.15) is 0 Å². The third-order valence-corrected chi connectivity index (χ3v) is 3.69. The Bertz CT molecular complexity index is 368. The maximum absolute atomic E-state index is 10.8. The monoisotopic (exact) mass is 252 g/mol. The molecule has 1 rings (SSSR count). The van der Waals surface area contributed by atoms with Crippen LogP contribution in [0.2, 0.25) is 0 Å². The van der Waals surface area contributed by atoms with E-state index in [0.29, 0.717) is 11.7 Å². The van der Waals surface area contributed by atoms with Crippen molar-refractivity contribution in [1.82, 2.24) is 0 Å². The summed E-state index contributed by atoms with van der Waals surface area (Å²) < 4.78 is 0. The maximum atomic E-state index is 10.8. The molecular formula is C13H20N2OS. The number of thioether (sulfide) groups is 1. The second kappa shape index (κ2) is 7.22. The highest BCUT2D eigenvalue weighted by atomic mass is 32.2. The fourth-order valence-electron chi connectivity index (χ4n) is 1.32. The predicted octanol–water partition coefficient (Wildman–Crippen LogP) is 2.72. The summed E-state index contributed by atoms with van der Waals surface area (Å²) in [6, 6.07) is 8.00. The number of rotatable bonds is 7. The largest absolute Gasteiger partial charge is 0.384 e. The molecule has 0 aliphatic heterocycles. The van der Waals surface area contributed by atoms with E-state index in [0.717, 1.165) is 23.5 Å². The SMILES string of the molecule is CCC(C)CNc1ccccc1SCC(N)=O. The summed E-state index contributed by atoms with van der Waals surface area (Å²) in [7, 11) is 0. The average Bonchev–Trinajstić information content (AvgIpc) is 2.34. The number of hydrogen-bond acceptors (Lipinski definition) is 3. The van der Waals surface area contributed by atoms with Gasteiger partial charge in [-0.25, -0.2) is 0 Å². The molecule has 0 aliphatic rings. The average molecular weight is 252 g/mol. The number of amides is 1. The number of anilines is 1. The van der Waals surface area contributed by atoms with Crippen LogP contribution < -0.4 is 11.1 Å². The van der Waals surface area contributed by atoms with E-state index in [1.54, 1.807) is 0 Å². The molecule has 0 aromatic heterocycles. The standard InChI is InChI=1S/C13H20N2OS/c1-3-10(2)8-15-11-6-4-5-7-12(11)17-9-13(14)16/h4-7,10,15H,3,8-9H2,1-2H3,(H2,14,16). The number of carbonyl (C=O) groups is 1. The molecule has 1 amide bonds. The molecule has 0 heterocycles. The van der Waals surface area contributed by atoms with Crippen molar-refractivity contribution in [2.75, 3.05) is 17.6 Å². The number of carbonyl (C=O) groups excluding carboxylic acids is 1. The molecular weight excluding hydrogens is 232 g/mol. The van der Waals surface area contributed by atoms with Crippen molar-refractivity contribution in [3.05, 3.63) is 24.3 Å². The van der Waals surface area contributed by atoms with Crippen molar-refractivity contribution in [2.24, 2.45) is 11.7 Å². The molecule has 1 atom stereocenters. The van der Waals surface area contributed by atoms with Gasteiger partial charge in [0.15, 0.2) is 0 Å². The Labute approximate surface area is 107 Å². The molecule has 0 saturated carbocycles. The van der Waals surface area contributed by atoms with E-state index in [-0.39, 0.29) is 5.91 Å². The second-order valence-corrected chi connectivity index (χ2v) is 5.16. The lowest BCUT2D eigenvalue weighted by atomic mass is 10.1. The second-order valence-electron chi connectivity index (χ2n) is 4.15. The quantitative estimate of drug-likeness (QED) is 0.734. The third-order valence-electron chi connectivity index (χ3n) is 2.59. The zero-order valence-electron chi connectivity index (χ0n) is 10.4. The van der Waals surface area contributed by atoms with Crippen LogP contribution in [0.25, 0.3) is 0 Å². The van der Waals surface area contributed by atoms with Gasteiger partial charge in [-0.05, 0) is 18.1 Å². The van der Waals surface area contributed by atoms with Crippen molar-refractivity contribution in [3.63, 3.8) is 0 Å². The van der Waals surface area contributed by atoms with Gasteiger partial charge >= 0.3 is 0 Å². The van der Waals surface area contributed by atoms with Crippen LogP contribution in [0.15, 0.2) is 29.2 Å². The molecule has 1 aromatic carbocycles. The van der Waals surface area contributed by atoms with Gasteiger partial charge in [0.25, 0.3) is 0 Å². The molecule has 3 N–H and O–H groups in total. The predicted molar refractivity (Wildman–Crippen MR) is 74.3 cm³/mol. The number of primary amides is 1. The van der Waals surface area contributed by atoms with E-state index in [4.69, 9.17) is 5.73 Å². The lowest BCUT2D eigenvalue weighted by molar-refractivity contribution is -0.115. The number of para-hydroxylation sites is 1. The lowest BCUT2D eigenvalue weighted by Gasteiger charge is -2.14. The first-order valence-electron chi connectivity index (χ1n) is 5.87. The van der Waals surface area contributed by atoms with E-state index in [1.165, 1.54) is 11.8 Å². The molecule has 94 valence electrons. The summed E-state index contributed by atoms with van der Waals surface area (Å²) in [5, 5.41) is 3.41. The number of nitrogens with two attached hydrogens (primary N) is 1. The Hall–Kier alpha value is -1.16. The summed E-state index contributed by atoms with van der Waals surface area (Å²) >= 11 is 1.48. The van der Waals surface area contributed by atoms with E-state index in [1.807, 2.05) is 24.3 Å². The Morgan fingerprint density at radius 2 is 2.18 bits per heavy atom. The Balaban J connectivity index is 2.60. The Kier molecular flexibility index (Phi) is 5.91. The van der Waals surface area contributed by atoms with Crippen LogP contribution in [0.5, 0.6) is 0 Å². The highest BCUT2D eigenvalue weighted by Gasteiger charge is 2.05. The smallest absolute Gasteiger partial charge is 0.227 e. The molecule has 0 fully saturated rings. The number of benzene rings is 1. The minimum absolute atomic E-state index is 0.285. The van der Waals surface area contributed by atoms with Gasteiger partial charge in [-0.15, -0.1) is 11.8 Å². The van der Waals surface area contributed by atoms with E-state index >= 15 is 0 Å². The van der Waals surface area contributed by atoms with Crippen LogP contribution in [0, 0.1) is 5.92 Å². The molecule has 0 aliphatic carbocycles. The summed E-state index contributed by atoms with van der Waals surface area (Å²) in [6.07, 6.45) is 1.16. The highest BCUT2D eigenvalue weighted by molar-refractivity contribution is 8.00. The molecule has 17 heavy (non-hydrogen) atoms. The first-order chi connectivity index (χ1) is 8.13. The Morgan fingerprint density at radius 3 is 2.82 bits per heavy atom. The number of hydrogen-bond donors (Lipinski definition) is 2. The van der Waals surface area contributed by atoms with E-state index < -0.39 is 0 Å². The van der Waals surface area contributed by atoms with E-state index in [9.17, 15) is 4.79 Å². The molecule has 4 heteroatoms. The molecule has 3 nitrogen and oxygen atoms in total. The highest BCUT2D eigenvalue weighted by Crippen LogP contribution is 2.26. The maximum Gasteiger partial charge on any atom is 0.227 e. The van der Waals surface area contributed by atoms with Gasteiger partial charge < -0.3 is 11.1 Å². The molecule has 0 saturated heterocycles. The van der Waals surface area contributed by atoms with Gasteiger partial charge in [0.2, 0.25) is 5.91 Å². The molecule has 0 radical (unpaired) electrons. The fourth-order valence-corrected chi connectivity index (χ4v) is 2.08. The van der Waals surface area contributed by atoms with Crippen molar-refractivity contribution in [2.45, 2.75) is 25.2 Å². The fraction of sp³-hybridized carbons (Fsp3) is 0.462. The zero-order chi connectivity index (χ0) is 12.7. The number of nitrogens with one attached hydrogen (secondary N) is 1. The van der Waals surface area contributed by atoms with Gasteiger partial charge in [-0.1, -0.05) is 32.4 Å². The lowest BCUT2D eigenvalue weighted by Crippen LogP contribution is -2.14. The first kappa shape index (κ1) is 13.9. The van der Waals surface area contributed by atoms with Gasteiger partial charge in [0.05, 0.1) is 5.75 Å². The van der Waals surface area contributed by atoms with Crippen molar-refractivity contribution < 1.29 is 4.79 Å². The van der Waals surface area contributed by atoms with Crippen LogP contribution in [0.3, 0.4) is 0 Å². The van der Waals surface area contributed by atoms with Crippen LogP contribution in [-0.4, -0.2) is 18.2 Å². The minimum Gasteiger partial charge on any atom is -0.384 e. The summed E-state index contributed by atoms with van der Waals surface area (Å²) in [4.78, 5) is 11.9. The van der Waals surface area contributed by atoms with Crippen LogP contribution >= 0.6 is 11.8 Å².